The summed E-state index contributed by atoms with van der Waals surface area (Å²) >= 11 is 3.51. The van der Waals surface area contributed by atoms with E-state index in [0.717, 1.165) is 40.2 Å². The van der Waals surface area contributed by atoms with E-state index in [0.29, 0.717) is 19.4 Å². The fraction of sp³-hybridized carbons (Fsp3) is 0.471. The molecule has 2 aromatic rings. The number of aromatic nitrogens is 3. The maximum atomic E-state index is 11.0. The summed E-state index contributed by atoms with van der Waals surface area (Å²) in [5.74, 6) is -0.883. The Morgan fingerprint density at radius 3 is 2.67 bits per heavy atom. The van der Waals surface area contributed by atoms with E-state index in [4.69, 9.17) is 5.11 Å². The minimum absolute atomic E-state index is 0.205. The molecule has 0 saturated carbocycles. The Labute approximate surface area is 149 Å². The van der Waals surface area contributed by atoms with Crippen molar-refractivity contribution in [3.8, 4) is 5.69 Å². The molecule has 7 heteroatoms. The highest BCUT2D eigenvalue weighted by atomic mass is 79.9. The van der Waals surface area contributed by atoms with Gasteiger partial charge in [-0.05, 0) is 63.5 Å². The van der Waals surface area contributed by atoms with E-state index in [1.54, 1.807) is 0 Å². The van der Waals surface area contributed by atoms with Gasteiger partial charge in [-0.3, -0.25) is 9.69 Å². The SMILES string of the molecule is Cc1cc(-n2nnc(CN3CCC(C(=O)O)CC3)c2C)ccc1Br. The third kappa shape index (κ3) is 3.52. The zero-order valence-corrected chi connectivity index (χ0v) is 15.5. The van der Waals surface area contributed by atoms with E-state index in [9.17, 15) is 4.79 Å². The van der Waals surface area contributed by atoms with Crippen LogP contribution >= 0.6 is 15.9 Å². The highest BCUT2D eigenvalue weighted by Crippen LogP contribution is 2.22. The maximum absolute atomic E-state index is 11.0. The van der Waals surface area contributed by atoms with Crippen molar-refractivity contribution in [1.82, 2.24) is 19.9 Å². The molecular formula is C17H21BrN4O2. The molecule has 1 aliphatic heterocycles. The highest BCUT2D eigenvalue weighted by molar-refractivity contribution is 9.10. The number of halogens is 1. The molecule has 0 radical (unpaired) electrons. The second-order valence-electron chi connectivity index (χ2n) is 6.36. The van der Waals surface area contributed by atoms with Crippen LogP contribution in [0, 0.1) is 19.8 Å². The maximum Gasteiger partial charge on any atom is 0.306 e. The van der Waals surface area contributed by atoms with Crippen molar-refractivity contribution in [3.05, 3.63) is 39.6 Å². The van der Waals surface area contributed by atoms with Crippen molar-refractivity contribution in [2.75, 3.05) is 13.1 Å². The fourth-order valence-corrected chi connectivity index (χ4v) is 3.31. The Morgan fingerprint density at radius 1 is 1.33 bits per heavy atom. The summed E-state index contributed by atoms with van der Waals surface area (Å²) in [6.07, 6.45) is 1.41. The minimum Gasteiger partial charge on any atom is -0.481 e. The lowest BCUT2D eigenvalue weighted by Gasteiger charge is -2.29. The molecule has 0 unspecified atom stereocenters. The Bertz CT molecular complexity index is 751. The summed E-state index contributed by atoms with van der Waals surface area (Å²) in [4.78, 5) is 13.3. The van der Waals surface area contributed by atoms with Crippen LogP contribution in [0.4, 0.5) is 0 Å². The van der Waals surface area contributed by atoms with Crippen molar-refractivity contribution in [2.24, 2.45) is 5.92 Å². The number of rotatable bonds is 4. The zero-order chi connectivity index (χ0) is 17.3. The van der Waals surface area contributed by atoms with Crippen molar-refractivity contribution < 1.29 is 9.90 Å². The Kier molecular flexibility index (Phi) is 5.01. The molecule has 0 spiro atoms. The average Bonchev–Trinajstić information content (AvgIpc) is 2.91. The molecule has 0 atom stereocenters. The van der Waals surface area contributed by atoms with Gasteiger partial charge in [-0.2, -0.15) is 0 Å². The molecule has 2 heterocycles. The van der Waals surface area contributed by atoms with Gasteiger partial charge < -0.3 is 5.11 Å². The van der Waals surface area contributed by atoms with Gasteiger partial charge in [0.25, 0.3) is 0 Å². The molecule has 1 N–H and O–H groups in total. The van der Waals surface area contributed by atoms with Crippen LogP contribution in [0.5, 0.6) is 0 Å². The molecule has 1 fully saturated rings. The van der Waals surface area contributed by atoms with Crippen molar-refractivity contribution in [1.29, 1.82) is 0 Å². The van der Waals surface area contributed by atoms with Gasteiger partial charge in [0.2, 0.25) is 0 Å². The quantitative estimate of drug-likeness (QED) is 0.865. The molecule has 1 aromatic carbocycles. The second kappa shape index (κ2) is 7.03. The first-order valence-electron chi connectivity index (χ1n) is 8.08. The van der Waals surface area contributed by atoms with Crippen LogP contribution in [0.1, 0.15) is 29.8 Å². The van der Waals surface area contributed by atoms with Crippen molar-refractivity contribution in [2.45, 2.75) is 33.2 Å². The van der Waals surface area contributed by atoms with Gasteiger partial charge in [-0.15, -0.1) is 5.10 Å². The van der Waals surface area contributed by atoms with Gasteiger partial charge in [-0.25, -0.2) is 4.68 Å². The molecule has 24 heavy (non-hydrogen) atoms. The smallest absolute Gasteiger partial charge is 0.306 e. The normalized spacial score (nSPS) is 16.5. The minimum atomic E-state index is -0.678. The molecule has 1 aromatic heterocycles. The van der Waals surface area contributed by atoms with E-state index in [2.05, 4.69) is 37.2 Å². The van der Waals surface area contributed by atoms with Crippen LogP contribution in [-0.4, -0.2) is 44.1 Å². The standard InChI is InChI=1S/C17H21BrN4O2/c1-11-9-14(3-4-15(11)18)22-12(2)16(19-20-22)10-21-7-5-13(6-8-21)17(23)24/h3-4,9,13H,5-8,10H2,1-2H3,(H,23,24). The predicted molar refractivity (Wildman–Crippen MR) is 94.2 cm³/mol. The van der Waals surface area contributed by atoms with Crippen LogP contribution in [0.25, 0.3) is 5.69 Å². The van der Waals surface area contributed by atoms with Gasteiger partial charge in [0.05, 0.1) is 17.3 Å². The van der Waals surface area contributed by atoms with Gasteiger partial charge in [0.15, 0.2) is 0 Å². The number of hydrogen-bond donors (Lipinski definition) is 1. The largest absolute Gasteiger partial charge is 0.481 e. The number of likely N-dealkylation sites (tertiary alicyclic amines) is 1. The van der Waals surface area contributed by atoms with Crippen molar-refractivity contribution in [3.63, 3.8) is 0 Å². The third-order valence-corrected chi connectivity index (χ3v) is 5.58. The molecule has 0 amide bonds. The molecule has 3 rings (SSSR count). The lowest BCUT2D eigenvalue weighted by molar-refractivity contribution is -0.143. The van der Waals surface area contributed by atoms with Crippen LogP contribution in [0.2, 0.25) is 0 Å². The number of hydrogen-bond acceptors (Lipinski definition) is 4. The summed E-state index contributed by atoms with van der Waals surface area (Å²) in [6, 6.07) is 6.11. The first-order chi connectivity index (χ1) is 11.5. The molecule has 128 valence electrons. The summed E-state index contributed by atoms with van der Waals surface area (Å²) in [7, 11) is 0. The molecule has 6 nitrogen and oxygen atoms in total. The molecule has 0 aliphatic carbocycles. The molecule has 0 bridgehead atoms. The zero-order valence-electron chi connectivity index (χ0n) is 13.9. The third-order valence-electron chi connectivity index (χ3n) is 4.69. The first-order valence-corrected chi connectivity index (χ1v) is 8.88. The lowest BCUT2D eigenvalue weighted by Crippen LogP contribution is -2.36. The number of piperidine rings is 1. The number of carbonyl (C=O) groups is 1. The van der Waals surface area contributed by atoms with Gasteiger partial charge in [0.1, 0.15) is 5.69 Å². The second-order valence-corrected chi connectivity index (χ2v) is 7.21. The van der Waals surface area contributed by atoms with E-state index >= 15 is 0 Å². The summed E-state index contributed by atoms with van der Waals surface area (Å²) in [5.41, 5.74) is 4.12. The van der Waals surface area contributed by atoms with Gasteiger partial charge >= 0.3 is 5.97 Å². The Balaban J connectivity index is 1.71. The highest BCUT2D eigenvalue weighted by Gasteiger charge is 2.25. The van der Waals surface area contributed by atoms with Gasteiger partial charge in [-0.1, -0.05) is 21.1 Å². The number of benzene rings is 1. The molecule has 1 saturated heterocycles. The average molecular weight is 393 g/mol. The van der Waals surface area contributed by atoms with Crippen LogP contribution in [-0.2, 0) is 11.3 Å². The topological polar surface area (TPSA) is 71.2 Å². The summed E-state index contributed by atoms with van der Waals surface area (Å²) in [6.45, 7) is 6.37. The van der Waals surface area contributed by atoms with Crippen LogP contribution in [0.15, 0.2) is 22.7 Å². The van der Waals surface area contributed by atoms with E-state index in [1.165, 1.54) is 0 Å². The van der Waals surface area contributed by atoms with Gasteiger partial charge in [0, 0.05) is 11.0 Å². The monoisotopic (exact) mass is 392 g/mol. The van der Waals surface area contributed by atoms with Crippen LogP contribution in [0.3, 0.4) is 0 Å². The Morgan fingerprint density at radius 2 is 2.04 bits per heavy atom. The number of nitrogens with zero attached hydrogens (tertiary/aromatic N) is 4. The number of carboxylic acids is 1. The summed E-state index contributed by atoms with van der Waals surface area (Å²) in [5, 5.41) is 17.7. The van der Waals surface area contributed by atoms with E-state index in [-0.39, 0.29) is 5.92 Å². The number of carboxylic acid groups (broad SMARTS) is 1. The van der Waals surface area contributed by atoms with Crippen LogP contribution < -0.4 is 0 Å². The number of aryl methyl sites for hydroxylation is 1. The predicted octanol–water partition coefficient (Wildman–Crippen LogP) is 2.94. The Hall–Kier alpha value is -1.73. The first kappa shape index (κ1) is 17.1. The summed E-state index contributed by atoms with van der Waals surface area (Å²) < 4.78 is 2.93. The fourth-order valence-electron chi connectivity index (χ4n) is 3.06. The van der Waals surface area contributed by atoms with Crippen molar-refractivity contribution >= 4 is 21.9 Å². The number of aliphatic carboxylic acids is 1. The molecular weight excluding hydrogens is 372 g/mol. The van der Waals surface area contributed by atoms with E-state index < -0.39 is 5.97 Å². The van der Waals surface area contributed by atoms with E-state index in [1.807, 2.05) is 30.7 Å². The lowest BCUT2D eigenvalue weighted by atomic mass is 9.97. The molecule has 1 aliphatic rings.